The number of allylic oxidation sites excluding steroid dienone is 5. The Morgan fingerprint density at radius 3 is 2.59 bits per heavy atom. The molecule has 1 aliphatic carbocycles. The highest BCUT2D eigenvalue weighted by Gasteiger charge is 2.09. The van der Waals surface area contributed by atoms with Crippen LogP contribution in [0.3, 0.4) is 0 Å². The highest BCUT2D eigenvalue weighted by Crippen LogP contribution is 2.25. The third-order valence-corrected chi connectivity index (χ3v) is 2.55. The summed E-state index contributed by atoms with van der Waals surface area (Å²) < 4.78 is 0. The zero-order valence-corrected chi connectivity index (χ0v) is 11.7. The Kier molecular flexibility index (Phi) is 8.04. The van der Waals surface area contributed by atoms with Crippen molar-refractivity contribution in [3.8, 4) is 0 Å². The van der Waals surface area contributed by atoms with Gasteiger partial charge in [-0.05, 0) is 35.5 Å². The minimum Gasteiger partial charge on any atom is -0.265 e. The van der Waals surface area contributed by atoms with Crippen molar-refractivity contribution in [1.29, 1.82) is 0 Å². The van der Waals surface area contributed by atoms with Gasteiger partial charge in [-0.3, -0.25) is 4.99 Å². The van der Waals surface area contributed by atoms with E-state index in [0.29, 0.717) is 5.92 Å². The van der Waals surface area contributed by atoms with Gasteiger partial charge in [0.15, 0.2) is 0 Å². The van der Waals surface area contributed by atoms with Crippen LogP contribution in [0.4, 0.5) is 0 Å². The Hall–Kier alpha value is -1.37. The molecule has 0 fully saturated rings. The first-order valence-electron chi connectivity index (χ1n) is 6.39. The van der Waals surface area contributed by atoms with Crippen LogP contribution in [-0.2, 0) is 0 Å². The molecule has 0 saturated carbocycles. The zero-order valence-electron chi connectivity index (χ0n) is 11.7. The van der Waals surface area contributed by atoms with Crippen molar-refractivity contribution in [3.63, 3.8) is 0 Å². The Morgan fingerprint density at radius 2 is 2.06 bits per heavy atom. The third-order valence-electron chi connectivity index (χ3n) is 2.55. The van der Waals surface area contributed by atoms with E-state index in [9.17, 15) is 0 Å². The van der Waals surface area contributed by atoms with E-state index in [1.807, 2.05) is 13.8 Å². The average molecular weight is 231 g/mol. The molecule has 0 saturated heterocycles. The molecule has 0 spiro atoms. The van der Waals surface area contributed by atoms with E-state index in [1.165, 1.54) is 17.3 Å². The van der Waals surface area contributed by atoms with Gasteiger partial charge in [-0.25, -0.2) is 0 Å². The summed E-state index contributed by atoms with van der Waals surface area (Å²) in [5.41, 5.74) is 3.71. The van der Waals surface area contributed by atoms with Crippen molar-refractivity contribution in [2.24, 2.45) is 10.9 Å². The lowest BCUT2D eigenvalue weighted by molar-refractivity contribution is 0.768. The van der Waals surface area contributed by atoms with E-state index in [0.717, 1.165) is 18.4 Å². The van der Waals surface area contributed by atoms with Gasteiger partial charge in [-0.2, -0.15) is 0 Å². The molecule has 94 valence electrons. The third kappa shape index (κ3) is 5.48. The normalized spacial score (nSPS) is 14.9. The van der Waals surface area contributed by atoms with Crippen LogP contribution < -0.4 is 0 Å². The van der Waals surface area contributed by atoms with Gasteiger partial charge in [0.05, 0.1) is 0 Å². The largest absolute Gasteiger partial charge is 0.265 e. The van der Waals surface area contributed by atoms with Crippen LogP contribution in [0.1, 0.15) is 40.5 Å². The van der Waals surface area contributed by atoms with Crippen LogP contribution in [-0.4, -0.2) is 6.21 Å². The van der Waals surface area contributed by atoms with Crippen molar-refractivity contribution < 1.29 is 0 Å². The lowest BCUT2D eigenvalue weighted by Gasteiger charge is -2.16. The maximum Gasteiger partial charge on any atom is 0.0336 e. The van der Waals surface area contributed by atoms with Crippen LogP contribution in [0.5, 0.6) is 0 Å². The standard InChI is InChI=1S/C14H19N.C2H6/c1-5-15-10-12(4)14-8-6-7-13(9-14)11(2)3;1-2/h5,7,9-11H,1,4,6,8H2,2-3H3;1-2H3. The predicted octanol–water partition coefficient (Wildman–Crippen LogP) is 5.09. The van der Waals surface area contributed by atoms with E-state index in [4.69, 9.17) is 0 Å². The van der Waals surface area contributed by atoms with Gasteiger partial charge < -0.3 is 0 Å². The molecule has 0 unspecified atom stereocenters. The van der Waals surface area contributed by atoms with Crippen LogP contribution in [0.25, 0.3) is 0 Å². The fraction of sp³-hybridized carbons (Fsp3) is 0.438. The molecule has 0 heterocycles. The van der Waals surface area contributed by atoms with E-state index in [-0.39, 0.29) is 0 Å². The predicted molar refractivity (Wildman–Crippen MR) is 79.4 cm³/mol. The lowest BCUT2D eigenvalue weighted by atomic mass is 9.90. The second kappa shape index (κ2) is 8.74. The molecule has 0 aromatic rings. The Bertz CT molecular complexity index is 341. The van der Waals surface area contributed by atoms with E-state index in [2.05, 4.69) is 44.1 Å². The minimum absolute atomic E-state index is 0.587. The Labute approximate surface area is 106 Å². The van der Waals surface area contributed by atoms with Crippen molar-refractivity contribution in [2.45, 2.75) is 40.5 Å². The topological polar surface area (TPSA) is 12.4 Å². The smallest absolute Gasteiger partial charge is 0.0336 e. The minimum atomic E-state index is 0.587. The number of rotatable bonds is 4. The summed E-state index contributed by atoms with van der Waals surface area (Å²) >= 11 is 0. The average Bonchev–Trinajstić information content (AvgIpc) is 2.38. The van der Waals surface area contributed by atoms with Crippen molar-refractivity contribution in [2.75, 3.05) is 0 Å². The fourth-order valence-electron chi connectivity index (χ4n) is 1.61. The molecule has 1 aliphatic rings. The highest BCUT2D eigenvalue weighted by atomic mass is 14.7. The summed E-state index contributed by atoms with van der Waals surface area (Å²) in [6.07, 6.45) is 10.0. The van der Waals surface area contributed by atoms with E-state index >= 15 is 0 Å². The molecule has 0 bridgehead atoms. The number of nitrogens with zero attached hydrogens (tertiary/aromatic N) is 1. The summed E-state index contributed by atoms with van der Waals surface area (Å²) in [7, 11) is 0. The Balaban J connectivity index is 0.00000121. The summed E-state index contributed by atoms with van der Waals surface area (Å²) in [6, 6.07) is 0. The molecule has 0 radical (unpaired) electrons. The van der Waals surface area contributed by atoms with Crippen molar-refractivity contribution >= 4 is 6.21 Å². The van der Waals surface area contributed by atoms with Crippen molar-refractivity contribution in [3.05, 3.63) is 48.2 Å². The molecule has 1 heteroatoms. The molecule has 17 heavy (non-hydrogen) atoms. The zero-order chi connectivity index (χ0) is 13.3. The quantitative estimate of drug-likeness (QED) is 0.598. The number of aliphatic imine (C=N–C) groups is 1. The van der Waals surface area contributed by atoms with Crippen LogP contribution in [0, 0.1) is 5.92 Å². The molecule has 0 aliphatic heterocycles. The fourth-order valence-corrected chi connectivity index (χ4v) is 1.61. The molecule has 0 amide bonds. The molecule has 1 nitrogen and oxygen atoms in total. The van der Waals surface area contributed by atoms with Gasteiger partial charge in [0.2, 0.25) is 0 Å². The first kappa shape index (κ1) is 15.6. The molecule has 0 aromatic heterocycles. The van der Waals surface area contributed by atoms with Crippen LogP contribution in [0.2, 0.25) is 0 Å². The Morgan fingerprint density at radius 1 is 1.41 bits per heavy atom. The summed E-state index contributed by atoms with van der Waals surface area (Å²) in [6.45, 7) is 16.0. The van der Waals surface area contributed by atoms with Gasteiger partial charge >= 0.3 is 0 Å². The SMILES string of the molecule is C=CN=CC(=C)C1=CC(C(C)C)=CCC1.CC. The van der Waals surface area contributed by atoms with Crippen LogP contribution >= 0.6 is 0 Å². The molecule has 0 atom stereocenters. The number of hydrogen-bond acceptors (Lipinski definition) is 1. The van der Waals surface area contributed by atoms with Crippen LogP contribution in [0.15, 0.2) is 53.2 Å². The monoisotopic (exact) mass is 231 g/mol. The first-order chi connectivity index (χ1) is 8.15. The molecular weight excluding hydrogens is 206 g/mol. The summed E-state index contributed by atoms with van der Waals surface area (Å²) in [5.74, 6) is 0.587. The second-order valence-electron chi connectivity index (χ2n) is 4.05. The van der Waals surface area contributed by atoms with E-state index in [1.54, 1.807) is 6.21 Å². The van der Waals surface area contributed by atoms with Gasteiger partial charge in [0.1, 0.15) is 0 Å². The maximum absolute atomic E-state index is 4.02. The van der Waals surface area contributed by atoms with Gasteiger partial charge in [-0.1, -0.05) is 53.0 Å². The molecule has 0 aromatic carbocycles. The molecule has 1 rings (SSSR count). The second-order valence-corrected chi connectivity index (χ2v) is 4.05. The molecule has 0 N–H and O–H groups in total. The number of hydrogen-bond donors (Lipinski definition) is 0. The van der Waals surface area contributed by atoms with Gasteiger partial charge in [-0.15, -0.1) is 0 Å². The molecular formula is C16H25N. The highest BCUT2D eigenvalue weighted by molar-refractivity contribution is 5.84. The summed E-state index contributed by atoms with van der Waals surface area (Å²) in [5, 5.41) is 0. The maximum atomic E-state index is 4.02. The summed E-state index contributed by atoms with van der Waals surface area (Å²) in [4.78, 5) is 4.00. The first-order valence-corrected chi connectivity index (χ1v) is 6.39. The van der Waals surface area contributed by atoms with Crippen molar-refractivity contribution in [1.82, 2.24) is 0 Å². The van der Waals surface area contributed by atoms with Gasteiger partial charge in [0.25, 0.3) is 0 Å². The van der Waals surface area contributed by atoms with Gasteiger partial charge in [0, 0.05) is 12.4 Å². The van der Waals surface area contributed by atoms with E-state index < -0.39 is 0 Å². The lowest BCUT2D eigenvalue weighted by Crippen LogP contribution is -2.00.